The molecule has 2 amide bonds. The molecule has 6 nitrogen and oxygen atoms in total. The van der Waals surface area contributed by atoms with Crippen LogP contribution in [-0.4, -0.2) is 39.0 Å². The van der Waals surface area contributed by atoms with Crippen molar-refractivity contribution in [1.29, 1.82) is 0 Å². The average molecular weight is 417 g/mol. The van der Waals surface area contributed by atoms with Gasteiger partial charge >= 0.3 is 6.11 Å². The Bertz CT molecular complexity index is 1010. The van der Waals surface area contributed by atoms with Crippen LogP contribution >= 0.6 is 12.2 Å². The Kier molecular flexibility index (Phi) is 5.60. The van der Waals surface area contributed by atoms with E-state index in [2.05, 4.69) is 16.6 Å². The quantitative estimate of drug-likeness (QED) is 0.339. The summed E-state index contributed by atoms with van der Waals surface area (Å²) in [6.07, 6.45) is 1.39. The zero-order valence-corrected chi connectivity index (χ0v) is 16.2. The molecule has 0 atom stereocenters. The molecule has 0 unspecified atom stereocenters. The highest BCUT2D eigenvalue weighted by atomic mass is 32.1. The van der Waals surface area contributed by atoms with Gasteiger partial charge in [0.15, 0.2) is 5.11 Å². The van der Waals surface area contributed by atoms with Gasteiger partial charge < -0.3 is 9.30 Å². The smallest absolute Gasteiger partial charge is 0.394 e. The molecule has 1 aromatic heterocycles. The van der Waals surface area contributed by atoms with Crippen molar-refractivity contribution in [2.75, 3.05) is 6.54 Å². The number of aromatic nitrogens is 1. The standard InChI is InChI=1S/C20H17F2N3O3S/c1-3-10-25-18(27)16(17(26)23-19(25)29)12-14-5-4-11-24(14)13-6-8-15(9-7-13)28-20(2,21)22/h3-9,11-12H,1,10H2,2H3,(H,23,26,29)/b16-12+. The molecular weight excluding hydrogens is 400 g/mol. The van der Waals surface area contributed by atoms with E-state index in [1.54, 1.807) is 35.0 Å². The average Bonchev–Trinajstić information content (AvgIpc) is 3.10. The van der Waals surface area contributed by atoms with Crippen molar-refractivity contribution in [2.45, 2.75) is 13.0 Å². The first-order valence-corrected chi connectivity index (χ1v) is 8.95. The first-order chi connectivity index (χ1) is 13.7. The zero-order valence-electron chi connectivity index (χ0n) is 15.4. The summed E-state index contributed by atoms with van der Waals surface area (Å²) in [6, 6.07) is 9.44. The third-order valence-electron chi connectivity index (χ3n) is 3.98. The second-order valence-electron chi connectivity index (χ2n) is 6.23. The number of amides is 2. The van der Waals surface area contributed by atoms with Gasteiger partial charge in [0.25, 0.3) is 11.8 Å². The van der Waals surface area contributed by atoms with Crippen molar-refractivity contribution in [3.8, 4) is 11.4 Å². The molecule has 3 rings (SSSR count). The number of nitrogens with zero attached hydrogens (tertiary/aromatic N) is 2. The molecule has 0 aliphatic carbocycles. The molecule has 1 aliphatic heterocycles. The molecule has 0 bridgehead atoms. The minimum absolute atomic E-state index is 0.0173. The minimum Gasteiger partial charge on any atom is -0.433 e. The van der Waals surface area contributed by atoms with Crippen molar-refractivity contribution in [3.05, 3.63) is 66.5 Å². The van der Waals surface area contributed by atoms with Crippen LogP contribution in [0.5, 0.6) is 5.75 Å². The van der Waals surface area contributed by atoms with Crippen LogP contribution in [0.25, 0.3) is 11.8 Å². The lowest BCUT2D eigenvalue weighted by Gasteiger charge is -2.27. The maximum Gasteiger partial charge on any atom is 0.394 e. The highest BCUT2D eigenvalue weighted by molar-refractivity contribution is 7.80. The number of carbonyl (C=O) groups excluding carboxylic acids is 2. The van der Waals surface area contributed by atoms with Gasteiger partial charge in [-0.2, -0.15) is 8.78 Å². The van der Waals surface area contributed by atoms with E-state index in [1.807, 2.05) is 0 Å². The fraction of sp³-hybridized carbons (Fsp3) is 0.150. The van der Waals surface area contributed by atoms with Gasteiger partial charge in [0.2, 0.25) is 0 Å². The molecule has 1 aromatic carbocycles. The Morgan fingerprint density at radius 1 is 1.24 bits per heavy atom. The lowest BCUT2D eigenvalue weighted by Crippen LogP contribution is -2.53. The molecule has 0 radical (unpaired) electrons. The SMILES string of the molecule is C=CCN1C(=O)/C(=C/c2cccn2-c2ccc(OC(C)(F)F)cc2)C(=O)NC1=S. The predicted molar refractivity (Wildman–Crippen MR) is 108 cm³/mol. The maximum atomic E-state index is 13.0. The molecule has 1 N–H and O–H groups in total. The van der Waals surface area contributed by atoms with E-state index in [1.165, 1.54) is 29.2 Å². The Balaban J connectivity index is 1.92. The Morgan fingerprint density at radius 3 is 2.55 bits per heavy atom. The maximum absolute atomic E-state index is 13.0. The summed E-state index contributed by atoms with van der Waals surface area (Å²) < 4.78 is 32.2. The van der Waals surface area contributed by atoms with Gasteiger partial charge in [-0.25, -0.2) is 0 Å². The minimum atomic E-state index is -3.28. The number of hydrogen-bond donors (Lipinski definition) is 1. The van der Waals surface area contributed by atoms with Crippen molar-refractivity contribution >= 4 is 35.2 Å². The highest BCUT2D eigenvalue weighted by Crippen LogP contribution is 2.24. The lowest BCUT2D eigenvalue weighted by atomic mass is 10.1. The lowest BCUT2D eigenvalue weighted by molar-refractivity contribution is -0.159. The van der Waals surface area contributed by atoms with Crippen LogP contribution in [0.15, 0.2) is 60.8 Å². The Morgan fingerprint density at radius 2 is 1.93 bits per heavy atom. The molecule has 0 saturated carbocycles. The number of hydrogen-bond acceptors (Lipinski definition) is 4. The second-order valence-corrected chi connectivity index (χ2v) is 6.62. The molecule has 1 saturated heterocycles. The number of thiocarbonyl (C=S) groups is 1. The van der Waals surface area contributed by atoms with Crippen LogP contribution in [0.2, 0.25) is 0 Å². The number of ether oxygens (including phenoxy) is 1. The summed E-state index contributed by atoms with van der Waals surface area (Å²) in [5, 5.41) is 2.50. The number of benzene rings is 1. The van der Waals surface area contributed by atoms with Crippen molar-refractivity contribution < 1.29 is 23.1 Å². The summed E-state index contributed by atoms with van der Waals surface area (Å²) in [6.45, 7) is 4.40. The zero-order chi connectivity index (χ0) is 21.2. The van der Waals surface area contributed by atoms with Crippen molar-refractivity contribution in [1.82, 2.24) is 14.8 Å². The predicted octanol–water partition coefficient (Wildman–Crippen LogP) is 3.28. The Labute approximate surface area is 171 Å². The van der Waals surface area contributed by atoms with E-state index in [-0.39, 0.29) is 23.0 Å². The van der Waals surface area contributed by atoms with Crippen LogP contribution in [0.3, 0.4) is 0 Å². The van der Waals surface area contributed by atoms with Gasteiger partial charge in [-0.05, 0) is 54.7 Å². The van der Waals surface area contributed by atoms with Gasteiger partial charge in [0, 0.05) is 31.0 Å². The van der Waals surface area contributed by atoms with Gasteiger partial charge in [-0.15, -0.1) is 6.58 Å². The third-order valence-corrected chi connectivity index (χ3v) is 4.30. The van der Waals surface area contributed by atoms with Gasteiger partial charge in [0.05, 0.1) is 0 Å². The summed E-state index contributed by atoms with van der Waals surface area (Å²) >= 11 is 5.03. The molecule has 2 aromatic rings. The fourth-order valence-electron chi connectivity index (χ4n) is 2.77. The van der Waals surface area contributed by atoms with Gasteiger partial charge in [0.1, 0.15) is 11.3 Å². The number of rotatable bonds is 6. The topological polar surface area (TPSA) is 63.6 Å². The molecule has 9 heteroatoms. The number of alkyl halides is 2. The molecule has 150 valence electrons. The van der Waals surface area contributed by atoms with Crippen molar-refractivity contribution in [2.24, 2.45) is 0 Å². The largest absolute Gasteiger partial charge is 0.433 e. The van der Waals surface area contributed by atoms with Crippen LogP contribution in [0, 0.1) is 0 Å². The summed E-state index contributed by atoms with van der Waals surface area (Å²) in [4.78, 5) is 26.2. The van der Waals surface area contributed by atoms with Crippen LogP contribution < -0.4 is 10.1 Å². The fourth-order valence-corrected chi connectivity index (χ4v) is 3.02. The van der Waals surface area contributed by atoms with Gasteiger partial charge in [-0.3, -0.25) is 19.8 Å². The van der Waals surface area contributed by atoms with Crippen LogP contribution in [0.4, 0.5) is 8.78 Å². The summed E-state index contributed by atoms with van der Waals surface area (Å²) in [5.74, 6) is -1.11. The van der Waals surface area contributed by atoms with Crippen LogP contribution in [0.1, 0.15) is 12.6 Å². The third kappa shape index (κ3) is 4.57. The van der Waals surface area contributed by atoms with Crippen molar-refractivity contribution in [3.63, 3.8) is 0 Å². The second kappa shape index (κ2) is 7.96. The molecular formula is C20H17F2N3O3S. The monoisotopic (exact) mass is 417 g/mol. The highest BCUT2D eigenvalue weighted by Gasteiger charge is 2.32. The number of nitrogens with one attached hydrogen (secondary N) is 1. The van der Waals surface area contributed by atoms with E-state index < -0.39 is 17.9 Å². The summed E-state index contributed by atoms with van der Waals surface area (Å²) in [5.41, 5.74) is 1.10. The van der Waals surface area contributed by atoms with Crippen LogP contribution in [-0.2, 0) is 9.59 Å². The Hall–Kier alpha value is -3.33. The molecule has 0 spiro atoms. The van der Waals surface area contributed by atoms with E-state index in [4.69, 9.17) is 12.2 Å². The normalized spacial score (nSPS) is 16.2. The number of halogens is 2. The van der Waals surface area contributed by atoms with E-state index in [9.17, 15) is 18.4 Å². The van der Waals surface area contributed by atoms with E-state index in [0.29, 0.717) is 18.3 Å². The van der Waals surface area contributed by atoms with E-state index in [0.717, 1.165) is 0 Å². The van der Waals surface area contributed by atoms with E-state index >= 15 is 0 Å². The first kappa shape index (κ1) is 20.4. The summed E-state index contributed by atoms with van der Waals surface area (Å²) in [7, 11) is 0. The molecule has 2 heterocycles. The molecule has 1 aliphatic rings. The van der Waals surface area contributed by atoms with Gasteiger partial charge in [-0.1, -0.05) is 6.08 Å². The first-order valence-electron chi connectivity index (χ1n) is 8.54. The molecule has 1 fully saturated rings. The number of carbonyl (C=O) groups is 2. The molecule has 29 heavy (non-hydrogen) atoms.